The zero-order valence-corrected chi connectivity index (χ0v) is 9.49. The van der Waals surface area contributed by atoms with Crippen molar-refractivity contribution in [2.75, 3.05) is 19.9 Å². The molecule has 2 aromatic rings. The summed E-state index contributed by atoms with van der Waals surface area (Å²) in [6.07, 6.45) is 2.47. The van der Waals surface area contributed by atoms with Crippen molar-refractivity contribution in [3.63, 3.8) is 0 Å². The molecule has 0 spiro atoms. The first-order valence-electron chi connectivity index (χ1n) is 4.84. The summed E-state index contributed by atoms with van der Waals surface area (Å²) in [7, 11) is 2.94. The van der Waals surface area contributed by atoms with E-state index in [0.29, 0.717) is 17.0 Å². The number of anilines is 1. The van der Waals surface area contributed by atoms with Gasteiger partial charge in [-0.1, -0.05) is 0 Å². The number of imidazole rings is 1. The molecule has 0 saturated carbocycles. The molecule has 0 radical (unpaired) electrons. The number of aromatic nitrogens is 4. The van der Waals surface area contributed by atoms with Gasteiger partial charge in [0.05, 0.1) is 13.4 Å². The predicted octanol–water partition coefficient (Wildman–Crippen LogP) is 0.0642. The van der Waals surface area contributed by atoms with Gasteiger partial charge in [-0.15, -0.1) is 0 Å². The van der Waals surface area contributed by atoms with Crippen LogP contribution in [-0.4, -0.2) is 44.7 Å². The molecule has 2 heterocycles. The van der Waals surface area contributed by atoms with Crippen LogP contribution in [0.3, 0.4) is 0 Å². The Bertz CT molecular complexity index is 551. The second-order valence-electron chi connectivity index (χ2n) is 3.45. The lowest BCUT2D eigenvalue weighted by molar-refractivity contribution is 0.123. The van der Waals surface area contributed by atoms with Crippen LogP contribution in [0.2, 0.25) is 0 Å². The van der Waals surface area contributed by atoms with E-state index < -0.39 is 6.09 Å². The lowest BCUT2D eigenvalue weighted by atomic mass is 10.5. The van der Waals surface area contributed by atoms with Crippen LogP contribution in [0.5, 0.6) is 0 Å². The third-order valence-electron chi connectivity index (χ3n) is 2.28. The van der Waals surface area contributed by atoms with E-state index in [4.69, 9.17) is 5.73 Å². The summed E-state index contributed by atoms with van der Waals surface area (Å²) < 4.78 is 6.28. The van der Waals surface area contributed by atoms with Gasteiger partial charge in [-0.2, -0.15) is 0 Å². The quantitative estimate of drug-likeness (QED) is 0.791. The van der Waals surface area contributed by atoms with Crippen molar-refractivity contribution in [2.45, 2.75) is 6.67 Å². The number of nitrogens with two attached hydrogens (primary N) is 1. The van der Waals surface area contributed by atoms with E-state index in [1.54, 1.807) is 17.9 Å². The van der Waals surface area contributed by atoms with Crippen LogP contribution >= 0.6 is 0 Å². The molecule has 17 heavy (non-hydrogen) atoms. The summed E-state index contributed by atoms with van der Waals surface area (Å²) in [6.45, 7) is 0.277. The van der Waals surface area contributed by atoms with Gasteiger partial charge in [0, 0.05) is 7.05 Å². The fraction of sp³-hybridized carbons (Fsp3) is 0.333. The van der Waals surface area contributed by atoms with Crippen LogP contribution in [0.1, 0.15) is 0 Å². The average molecular weight is 236 g/mol. The van der Waals surface area contributed by atoms with Crippen LogP contribution in [-0.2, 0) is 11.4 Å². The molecular weight excluding hydrogens is 224 g/mol. The monoisotopic (exact) mass is 236 g/mol. The number of carbonyl (C=O) groups is 1. The molecule has 0 atom stereocenters. The summed E-state index contributed by atoms with van der Waals surface area (Å²) in [5.41, 5.74) is 6.75. The number of hydrogen-bond donors (Lipinski definition) is 1. The first kappa shape index (κ1) is 11.1. The lowest BCUT2D eigenvalue weighted by Gasteiger charge is -2.15. The van der Waals surface area contributed by atoms with E-state index in [9.17, 15) is 4.79 Å². The number of fused-ring (bicyclic) bond motifs is 1. The van der Waals surface area contributed by atoms with E-state index in [1.807, 2.05) is 0 Å². The highest BCUT2D eigenvalue weighted by molar-refractivity contribution is 5.81. The molecule has 0 saturated heterocycles. The topological polar surface area (TPSA) is 99.2 Å². The minimum absolute atomic E-state index is 0.277. The maximum absolute atomic E-state index is 11.3. The summed E-state index contributed by atoms with van der Waals surface area (Å²) in [5.74, 6) is 0.314. The summed E-state index contributed by atoms with van der Waals surface area (Å²) >= 11 is 0. The molecule has 0 bridgehead atoms. The molecule has 8 nitrogen and oxygen atoms in total. The van der Waals surface area contributed by atoms with E-state index in [2.05, 4.69) is 19.7 Å². The molecule has 8 heteroatoms. The van der Waals surface area contributed by atoms with Crippen molar-refractivity contribution in [1.82, 2.24) is 24.4 Å². The second-order valence-corrected chi connectivity index (χ2v) is 3.45. The number of rotatable bonds is 2. The normalized spacial score (nSPS) is 10.5. The summed E-state index contributed by atoms with van der Waals surface area (Å²) in [5, 5.41) is 0. The van der Waals surface area contributed by atoms with Crippen LogP contribution in [0.25, 0.3) is 11.2 Å². The zero-order chi connectivity index (χ0) is 12.4. The Morgan fingerprint density at radius 1 is 1.53 bits per heavy atom. The van der Waals surface area contributed by atoms with Gasteiger partial charge in [0.25, 0.3) is 0 Å². The van der Waals surface area contributed by atoms with Gasteiger partial charge in [-0.05, 0) is 0 Å². The Morgan fingerprint density at radius 3 is 3.00 bits per heavy atom. The van der Waals surface area contributed by atoms with Crippen molar-refractivity contribution >= 4 is 23.1 Å². The Hall–Kier alpha value is -2.38. The Labute approximate surface area is 97.0 Å². The second kappa shape index (κ2) is 4.24. The Morgan fingerprint density at radius 2 is 2.29 bits per heavy atom. The SMILES string of the molecule is COC(=O)N(C)Cn1cnc2c(N)ncnc21. The molecule has 2 aromatic heterocycles. The van der Waals surface area contributed by atoms with E-state index >= 15 is 0 Å². The lowest BCUT2D eigenvalue weighted by Crippen LogP contribution is -2.28. The van der Waals surface area contributed by atoms with Crippen LogP contribution in [0.4, 0.5) is 10.6 Å². The highest BCUT2D eigenvalue weighted by atomic mass is 16.5. The summed E-state index contributed by atoms with van der Waals surface area (Å²) in [4.78, 5) is 24.6. The zero-order valence-electron chi connectivity index (χ0n) is 9.49. The molecule has 0 aliphatic heterocycles. The number of methoxy groups -OCH3 is 1. The molecule has 0 aromatic carbocycles. The predicted molar refractivity (Wildman–Crippen MR) is 59.9 cm³/mol. The first-order valence-corrected chi connectivity index (χ1v) is 4.84. The van der Waals surface area contributed by atoms with Crippen molar-refractivity contribution in [3.8, 4) is 0 Å². The number of nitrogens with zero attached hydrogens (tertiary/aromatic N) is 5. The fourth-order valence-corrected chi connectivity index (χ4v) is 1.44. The molecule has 90 valence electrons. The van der Waals surface area contributed by atoms with Crippen molar-refractivity contribution in [1.29, 1.82) is 0 Å². The molecule has 2 rings (SSSR count). The third kappa shape index (κ3) is 1.96. The summed E-state index contributed by atoms with van der Waals surface area (Å²) in [6, 6.07) is 0. The largest absolute Gasteiger partial charge is 0.453 e. The number of hydrogen-bond acceptors (Lipinski definition) is 6. The van der Waals surface area contributed by atoms with Gasteiger partial charge in [0.1, 0.15) is 18.5 Å². The fourth-order valence-electron chi connectivity index (χ4n) is 1.44. The highest BCUT2D eigenvalue weighted by Gasteiger charge is 2.12. The Balaban J connectivity index is 2.31. The van der Waals surface area contributed by atoms with E-state index in [0.717, 1.165) is 0 Å². The number of carbonyl (C=O) groups excluding carboxylic acids is 1. The molecule has 2 N–H and O–H groups in total. The van der Waals surface area contributed by atoms with Crippen molar-refractivity contribution < 1.29 is 9.53 Å². The number of amides is 1. The molecule has 1 amide bonds. The Kier molecular flexibility index (Phi) is 2.77. The van der Waals surface area contributed by atoms with Gasteiger partial charge in [-0.25, -0.2) is 19.7 Å². The number of nitrogen functional groups attached to an aromatic ring is 1. The highest BCUT2D eigenvalue weighted by Crippen LogP contribution is 2.14. The minimum Gasteiger partial charge on any atom is -0.453 e. The van der Waals surface area contributed by atoms with E-state index in [1.165, 1.54) is 18.3 Å². The van der Waals surface area contributed by atoms with Crippen LogP contribution in [0, 0.1) is 0 Å². The van der Waals surface area contributed by atoms with Crippen LogP contribution in [0.15, 0.2) is 12.7 Å². The van der Waals surface area contributed by atoms with Crippen molar-refractivity contribution in [2.24, 2.45) is 0 Å². The molecule has 0 aliphatic carbocycles. The average Bonchev–Trinajstić information content (AvgIpc) is 2.73. The molecule has 0 unspecified atom stereocenters. The van der Waals surface area contributed by atoms with Gasteiger partial charge in [-0.3, -0.25) is 9.47 Å². The van der Waals surface area contributed by atoms with Gasteiger partial charge >= 0.3 is 6.09 Å². The number of ether oxygens (including phenoxy) is 1. The first-order chi connectivity index (χ1) is 8.13. The van der Waals surface area contributed by atoms with Gasteiger partial charge in [0.15, 0.2) is 11.5 Å². The molecule has 0 aliphatic rings. The van der Waals surface area contributed by atoms with Gasteiger partial charge < -0.3 is 10.5 Å². The maximum atomic E-state index is 11.3. The van der Waals surface area contributed by atoms with E-state index in [-0.39, 0.29) is 6.67 Å². The van der Waals surface area contributed by atoms with Crippen molar-refractivity contribution in [3.05, 3.63) is 12.7 Å². The minimum atomic E-state index is -0.436. The molecule has 0 fully saturated rings. The van der Waals surface area contributed by atoms with Gasteiger partial charge in [0.2, 0.25) is 0 Å². The smallest absolute Gasteiger partial charge is 0.410 e. The van der Waals surface area contributed by atoms with Crippen LogP contribution < -0.4 is 5.73 Å². The molecular formula is C9H12N6O2. The third-order valence-corrected chi connectivity index (χ3v) is 2.28. The standard InChI is InChI=1S/C9H12N6O2/c1-14(9(16)17-2)5-15-4-13-6-7(10)11-3-12-8(6)15/h3-4H,5H2,1-2H3,(H2,10,11,12). The maximum Gasteiger partial charge on any atom is 0.410 e.